The van der Waals surface area contributed by atoms with Gasteiger partial charge >= 0.3 is 19.4 Å². The smallest absolute Gasteiger partial charge is 0.459 e. The normalized spacial score (nSPS) is 25.4. The molecule has 2 heterocycles. The number of benzene rings is 2. The summed E-state index contributed by atoms with van der Waals surface area (Å²) in [7, 11) is -3.29. The molecule has 1 saturated heterocycles. The third kappa shape index (κ3) is 6.76. The Morgan fingerprint density at radius 2 is 1.88 bits per heavy atom. The van der Waals surface area contributed by atoms with Crippen LogP contribution in [-0.2, 0) is 29.8 Å². The monoisotopic (exact) mass is 577 g/mol. The number of ether oxygens (including phenoxy) is 2. The van der Waals surface area contributed by atoms with E-state index in [1.165, 1.54) is 19.2 Å². The summed E-state index contributed by atoms with van der Waals surface area (Å²) < 4.78 is 52.2. The zero-order valence-corrected chi connectivity index (χ0v) is 22.4. The molecule has 1 aliphatic heterocycles. The van der Waals surface area contributed by atoms with E-state index in [1.807, 2.05) is 4.98 Å². The van der Waals surface area contributed by atoms with Gasteiger partial charge in [-0.1, -0.05) is 48.5 Å². The van der Waals surface area contributed by atoms with Gasteiger partial charge in [-0.25, -0.2) is 9.36 Å². The molecule has 40 heavy (non-hydrogen) atoms. The molecule has 3 aromatic rings. The molecule has 13 nitrogen and oxygen atoms in total. The number of para-hydroxylation sites is 1. The Labute approximate surface area is 231 Å². The molecule has 4 N–H and O–H groups in total. The molecule has 0 radical (unpaired) electrons. The van der Waals surface area contributed by atoms with Crippen LogP contribution in [0.15, 0.2) is 82.5 Å². The molecule has 0 saturated carbocycles. The summed E-state index contributed by atoms with van der Waals surface area (Å²) >= 11 is 0. The maximum absolute atomic E-state index is 14.1. The minimum atomic E-state index is -4.45. The van der Waals surface area contributed by atoms with E-state index in [4.69, 9.17) is 21.3 Å². The Balaban J connectivity index is 1.61. The van der Waals surface area contributed by atoms with Gasteiger partial charge in [0.15, 0.2) is 6.23 Å². The molecule has 0 bridgehead atoms. The van der Waals surface area contributed by atoms with Crippen molar-refractivity contribution in [1.82, 2.24) is 14.6 Å². The highest BCUT2D eigenvalue weighted by molar-refractivity contribution is 7.52. The van der Waals surface area contributed by atoms with Gasteiger partial charge in [-0.15, -0.1) is 0 Å². The summed E-state index contributed by atoms with van der Waals surface area (Å²) in [5.41, 5.74) is -3.77. The molecular formula is C26H30N3O10P. The minimum absolute atomic E-state index is 0.0508. The van der Waals surface area contributed by atoms with Crippen LogP contribution >= 0.6 is 7.75 Å². The van der Waals surface area contributed by atoms with Crippen molar-refractivity contribution in [2.75, 3.05) is 13.7 Å². The Hall–Kier alpha value is -3.58. The van der Waals surface area contributed by atoms with Crippen molar-refractivity contribution in [2.45, 2.75) is 43.4 Å². The Bertz CT molecular complexity index is 1570. The Kier molecular flexibility index (Phi) is 8.19. The number of hydrogen-bond acceptors (Lipinski definition) is 10. The van der Waals surface area contributed by atoms with Crippen LogP contribution in [0.2, 0.25) is 0 Å². The molecule has 4 rings (SSSR count). The summed E-state index contributed by atoms with van der Waals surface area (Å²) in [6.07, 6.45) is -5.75. The maximum atomic E-state index is 14.1. The van der Waals surface area contributed by atoms with E-state index in [-0.39, 0.29) is 12.2 Å². The van der Waals surface area contributed by atoms with E-state index in [9.17, 15) is 29.2 Å². The lowest BCUT2D eigenvalue weighted by molar-refractivity contribution is -0.142. The molecule has 0 aliphatic carbocycles. The van der Waals surface area contributed by atoms with Crippen LogP contribution in [0.25, 0.3) is 0 Å². The van der Waals surface area contributed by atoms with Crippen LogP contribution in [0.5, 0.6) is 5.75 Å². The van der Waals surface area contributed by atoms with Gasteiger partial charge in [-0.2, -0.15) is 5.09 Å². The first-order valence-electron chi connectivity index (χ1n) is 13.1. The number of hydrogen-bond donors (Lipinski definition) is 4. The van der Waals surface area contributed by atoms with E-state index in [0.717, 1.165) is 6.92 Å². The molecule has 1 fully saturated rings. The fourth-order valence-electron chi connectivity index (χ4n) is 4.11. The molecule has 14 heteroatoms. The molecule has 0 spiro atoms. The van der Waals surface area contributed by atoms with Crippen molar-refractivity contribution in [2.24, 2.45) is 0 Å². The second kappa shape index (κ2) is 12.3. The molecular weight excluding hydrogens is 545 g/mol. The molecule has 2 aromatic carbocycles. The first-order chi connectivity index (χ1) is 19.9. The first-order valence-corrected chi connectivity index (χ1v) is 13.7. The van der Waals surface area contributed by atoms with Crippen LogP contribution in [0.1, 0.15) is 21.5 Å². The van der Waals surface area contributed by atoms with Crippen LogP contribution in [0.3, 0.4) is 0 Å². The van der Waals surface area contributed by atoms with Crippen molar-refractivity contribution in [3.8, 4) is 5.75 Å². The standard InChI is InChI=1S/C26H30N3O10P/c1-26(34)22(31)20(38-24(26)29-14-13-21(30)27-25(29)33)16-37-40(35,39-18-11-7-4-8-12-18)28-19(23(32)36-2)15-17-9-5-3-6-10-17/h3-14,19-20,22,24,31,34H,15-16H2,1-2H3,(H,28,35)(H,27,30,33)/t19?,20-,22-,24-,26-,40?/m1/s1/i13D,14D. The fraction of sp³-hybridized carbons (Fsp3) is 0.346. The number of aromatic amines is 1. The highest BCUT2D eigenvalue weighted by Crippen LogP contribution is 2.47. The number of nitrogens with one attached hydrogen (secondary N) is 2. The lowest BCUT2D eigenvalue weighted by Crippen LogP contribution is -2.47. The number of H-pyrrole nitrogens is 1. The number of esters is 1. The summed E-state index contributed by atoms with van der Waals surface area (Å²) in [4.78, 5) is 38.7. The van der Waals surface area contributed by atoms with Crippen molar-refractivity contribution >= 4 is 13.7 Å². The highest BCUT2D eigenvalue weighted by Gasteiger charge is 2.54. The molecule has 2 unspecified atom stereocenters. The maximum Gasteiger partial charge on any atom is 0.459 e. The van der Waals surface area contributed by atoms with Crippen molar-refractivity contribution in [3.05, 3.63) is 99.3 Å². The zero-order chi connectivity index (χ0) is 30.7. The molecule has 1 aromatic heterocycles. The number of methoxy groups -OCH3 is 1. The number of rotatable bonds is 11. The molecule has 1 aliphatic rings. The van der Waals surface area contributed by atoms with Crippen molar-refractivity contribution in [3.63, 3.8) is 0 Å². The average molecular weight is 578 g/mol. The van der Waals surface area contributed by atoms with E-state index in [0.29, 0.717) is 10.1 Å². The number of aliphatic hydroxyl groups excluding tert-OH is 1. The van der Waals surface area contributed by atoms with Gasteiger partial charge in [0, 0.05) is 12.2 Å². The van der Waals surface area contributed by atoms with Crippen LogP contribution < -0.4 is 20.9 Å². The fourth-order valence-corrected chi connectivity index (χ4v) is 5.62. The van der Waals surface area contributed by atoms with Gasteiger partial charge in [-0.05, 0) is 31.0 Å². The van der Waals surface area contributed by atoms with Gasteiger partial charge in [0.2, 0.25) is 0 Å². The van der Waals surface area contributed by atoms with Gasteiger partial charge in [0.1, 0.15) is 29.6 Å². The van der Waals surface area contributed by atoms with E-state index in [1.54, 1.807) is 48.5 Å². The Morgan fingerprint density at radius 1 is 1.23 bits per heavy atom. The number of carbonyl (C=O) groups excluding carboxylic acids is 1. The van der Waals surface area contributed by atoms with Gasteiger partial charge < -0.3 is 24.2 Å². The predicted octanol–water partition coefficient (Wildman–Crippen LogP) is 1.12. The second-order valence-electron chi connectivity index (χ2n) is 9.16. The zero-order valence-electron chi connectivity index (χ0n) is 23.6. The SMILES string of the molecule is [2H]c1c([2H])n([C@@H]2O[C@H](COP(=O)(NC(Cc3ccccc3)C(=O)OC)Oc3ccccc3)[C@@H](O)[C@@]2(C)O)c(=O)[nH]c1=O. The van der Waals surface area contributed by atoms with Crippen LogP contribution in [-0.4, -0.2) is 63.3 Å². The average Bonchev–Trinajstić information content (AvgIpc) is 3.18. The van der Waals surface area contributed by atoms with Gasteiger partial charge in [0.05, 0.1) is 16.5 Å². The van der Waals surface area contributed by atoms with Crippen molar-refractivity contribution < 1.29 is 40.8 Å². The predicted molar refractivity (Wildman–Crippen MR) is 142 cm³/mol. The third-order valence-corrected chi connectivity index (χ3v) is 7.75. The minimum Gasteiger partial charge on any atom is -0.468 e. The lowest BCUT2D eigenvalue weighted by Gasteiger charge is -2.27. The molecule has 6 atom stereocenters. The first kappa shape index (κ1) is 26.6. The van der Waals surface area contributed by atoms with Gasteiger partial charge in [-0.3, -0.25) is 23.7 Å². The van der Waals surface area contributed by atoms with Crippen LogP contribution in [0, 0.1) is 0 Å². The number of aliphatic hydroxyl groups is 2. The Morgan fingerprint density at radius 3 is 2.52 bits per heavy atom. The molecule has 214 valence electrons. The van der Waals surface area contributed by atoms with Crippen LogP contribution in [0.4, 0.5) is 0 Å². The van der Waals surface area contributed by atoms with Gasteiger partial charge in [0.25, 0.3) is 5.56 Å². The van der Waals surface area contributed by atoms with Crippen molar-refractivity contribution in [1.29, 1.82) is 0 Å². The third-order valence-electron chi connectivity index (χ3n) is 6.18. The number of carbonyl (C=O) groups is 1. The quantitative estimate of drug-likeness (QED) is 0.190. The van der Waals surface area contributed by atoms with E-state index >= 15 is 0 Å². The lowest BCUT2D eigenvalue weighted by atomic mass is 9.96. The van der Waals surface area contributed by atoms with E-state index in [2.05, 4.69) is 5.09 Å². The summed E-state index contributed by atoms with van der Waals surface area (Å²) in [6.45, 7) is 0.428. The summed E-state index contributed by atoms with van der Waals surface area (Å²) in [6, 6.07) is 14.7. The highest BCUT2D eigenvalue weighted by atomic mass is 31.2. The topological polar surface area (TPSA) is 178 Å². The second-order valence-corrected chi connectivity index (χ2v) is 10.8. The summed E-state index contributed by atoms with van der Waals surface area (Å²) in [5.74, 6) is -0.637. The summed E-state index contributed by atoms with van der Waals surface area (Å²) in [5, 5.41) is 24.5. The number of aromatic nitrogens is 2. The van der Waals surface area contributed by atoms with E-state index < -0.39 is 73.9 Å². The number of nitrogens with zero attached hydrogens (tertiary/aromatic N) is 1. The largest absolute Gasteiger partial charge is 0.468 e. The molecule has 0 amide bonds.